The number of aromatic nitrogens is 1. The maximum Gasteiger partial charge on any atom is 0.213 e. The predicted octanol–water partition coefficient (Wildman–Crippen LogP) is 3.60. The van der Waals surface area contributed by atoms with E-state index < -0.39 is 0 Å². The Balaban J connectivity index is 2.06. The van der Waals surface area contributed by atoms with Crippen LogP contribution in [0.25, 0.3) is 0 Å². The number of ether oxygens (including phenoxy) is 3. The van der Waals surface area contributed by atoms with Gasteiger partial charge in [-0.1, -0.05) is 0 Å². The van der Waals surface area contributed by atoms with E-state index in [0.29, 0.717) is 12.5 Å². The maximum absolute atomic E-state index is 5.79. The molecule has 0 bridgehead atoms. The highest BCUT2D eigenvalue weighted by Gasteiger charge is 2.05. The van der Waals surface area contributed by atoms with Crippen molar-refractivity contribution in [2.24, 2.45) is 4.99 Å². The molecule has 0 spiro atoms. The first kappa shape index (κ1) is 18.6. The molecule has 0 aliphatic heterocycles. The molecule has 6 nitrogen and oxygen atoms in total. The van der Waals surface area contributed by atoms with E-state index in [4.69, 9.17) is 14.2 Å². The minimum Gasteiger partial charge on any atom is -0.497 e. The van der Waals surface area contributed by atoms with E-state index in [9.17, 15) is 0 Å². The standard InChI is InChI=1S/C19H25N3O3/c1-6-22(3)13-20-18-7-8-19(21-14(18)2)25-12-15-9-16(23-4)11-17(10-15)24-5/h7-11,13H,6,12H2,1-5H3/b20-13+. The van der Waals surface area contributed by atoms with E-state index in [2.05, 4.69) is 16.9 Å². The molecular formula is C19H25N3O3. The Bertz CT molecular complexity index is 710. The summed E-state index contributed by atoms with van der Waals surface area (Å²) >= 11 is 0. The molecule has 0 radical (unpaired) electrons. The van der Waals surface area contributed by atoms with Gasteiger partial charge in [0.25, 0.3) is 0 Å². The monoisotopic (exact) mass is 343 g/mol. The summed E-state index contributed by atoms with van der Waals surface area (Å²) in [6.45, 7) is 5.27. The fraction of sp³-hybridized carbons (Fsp3) is 0.368. The summed E-state index contributed by atoms with van der Waals surface area (Å²) in [6.07, 6.45) is 1.80. The van der Waals surface area contributed by atoms with Gasteiger partial charge in [0.05, 0.1) is 31.9 Å². The molecule has 0 aliphatic rings. The van der Waals surface area contributed by atoms with Crippen LogP contribution in [-0.2, 0) is 6.61 Å². The second-order valence-electron chi connectivity index (χ2n) is 5.58. The number of aryl methyl sites for hydroxylation is 1. The van der Waals surface area contributed by atoms with E-state index in [1.807, 2.05) is 49.2 Å². The number of benzene rings is 1. The Hall–Kier alpha value is -2.76. The predicted molar refractivity (Wildman–Crippen MR) is 99.3 cm³/mol. The van der Waals surface area contributed by atoms with Gasteiger partial charge in [-0.2, -0.15) is 0 Å². The molecular weight excluding hydrogens is 318 g/mol. The molecule has 2 rings (SSSR count). The molecule has 0 saturated carbocycles. The van der Waals surface area contributed by atoms with Gasteiger partial charge in [0.15, 0.2) is 0 Å². The lowest BCUT2D eigenvalue weighted by Gasteiger charge is -2.11. The number of aliphatic imine (C=N–C) groups is 1. The second-order valence-corrected chi connectivity index (χ2v) is 5.58. The summed E-state index contributed by atoms with van der Waals surface area (Å²) in [7, 11) is 5.23. The van der Waals surface area contributed by atoms with E-state index in [0.717, 1.165) is 35.0 Å². The fourth-order valence-corrected chi connectivity index (χ4v) is 2.10. The van der Waals surface area contributed by atoms with Crippen molar-refractivity contribution >= 4 is 12.0 Å². The number of methoxy groups -OCH3 is 2. The maximum atomic E-state index is 5.79. The Morgan fingerprint density at radius 2 is 1.80 bits per heavy atom. The molecule has 134 valence electrons. The molecule has 0 saturated heterocycles. The van der Waals surface area contributed by atoms with Crippen LogP contribution in [0.5, 0.6) is 17.4 Å². The number of rotatable bonds is 8. The smallest absolute Gasteiger partial charge is 0.213 e. The second kappa shape index (κ2) is 8.92. The van der Waals surface area contributed by atoms with Crippen molar-refractivity contribution < 1.29 is 14.2 Å². The summed E-state index contributed by atoms with van der Waals surface area (Å²) < 4.78 is 16.3. The molecule has 2 aromatic rings. The van der Waals surface area contributed by atoms with E-state index in [1.165, 1.54) is 0 Å². The van der Waals surface area contributed by atoms with Crippen molar-refractivity contribution in [3.05, 3.63) is 41.6 Å². The lowest BCUT2D eigenvalue weighted by atomic mass is 10.2. The highest BCUT2D eigenvalue weighted by molar-refractivity contribution is 5.62. The molecule has 1 heterocycles. The van der Waals surface area contributed by atoms with Crippen molar-refractivity contribution in [1.29, 1.82) is 0 Å². The third-order valence-electron chi connectivity index (χ3n) is 3.72. The highest BCUT2D eigenvalue weighted by Crippen LogP contribution is 2.24. The zero-order chi connectivity index (χ0) is 18.2. The quantitative estimate of drug-likeness (QED) is 0.541. The largest absolute Gasteiger partial charge is 0.497 e. The SMILES string of the molecule is CCN(C)/C=N/c1ccc(OCc2cc(OC)cc(OC)c2)nc1C. The lowest BCUT2D eigenvalue weighted by molar-refractivity contribution is 0.291. The summed E-state index contributed by atoms with van der Waals surface area (Å²) in [6, 6.07) is 9.38. The molecule has 0 unspecified atom stereocenters. The number of pyridine rings is 1. The molecule has 0 fully saturated rings. The molecule has 0 aliphatic carbocycles. The van der Waals surface area contributed by atoms with E-state index in [-0.39, 0.29) is 0 Å². The van der Waals surface area contributed by atoms with Gasteiger partial charge in [0, 0.05) is 25.7 Å². The molecule has 1 aromatic carbocycles. The van der Waals surface area contributed by atoms with Crippen LogP contribution >= 0.6 is 0 Å². The molecule has 25 heavy (non-hydrogen) atoms. The molecule has 6 heteroatoms. The molecule has 1 aromatic heterocycles. The number of hydrogen-bond acceptors (Lipinski definition) is 5. The van der Waals surface area contributed by atoms with Crippen LogP contribution in [0.15, 0.2) is 35.3 Å². The van der Waals surface area contributed by atoms with Gasteiger partial charge in [-0.25, -0.2) is 9.98 Å². The molecule has 0 atom stereocenters. The van der Waals surface area contributed by atoms with Gasteiger partial charge in [-0.15, -0.1) is 0 Å². The van der Waals surface area contributed by atoms with Crippen molar-refractivity contribution in [3.8, 4) is 17.4 Å². The van der Waals surface area contributed by atoms with E-state index in [1.54, 1.807) is 20.6 Å². The van der Waals surface area contributed by atoms with Gasteiger partial charge in [0.1, 0.15) is 18.1 Å². The van der Waals surface area contributed by atoms with Crippen molar-refractivity contribution in [3.63, 3.8) is 0 Å². The molecule has 0 N–H and O–H groups in total. The van der Waals surface area contributed by atoms with Gasteiger partial charge in [-0.05, 0) is 37.6 Å². The normalized spacial score (nSPS) is 10.8. The zero-order valence-corrected chi connectivity index (χ0v) is 15.4. The first-order valence-electron chi connectivity index (χ1n) is 8.12. The fourth-order valence-electron chi connectivity index (χ4n) is 2.10. The summed E-state index contributed by atoms with van der Waals surface area (Å²) in [5.74, 6) is 2.01. The first-order valence-corrected chi connectivity index (χ1v) is 8.12. The number of hydrogen-bond donors (Lipinski definition) is 0. The van der Waals surface area contributed by atoms with Gasteiger partial charge in [0.2, 0.25) is 5.88 Å². The van der Waals surface area contributed by atoms with Crippen LogP contribution in [-0.4, -0.2) is 44.0 Å². The Morgan fingerprint density at radius 1 is 1.12 bits per heavy atom. The zero-order valence-electron chi connectivity index (χ0n) is 15.4. The minimum atomic E-state index is 0.376. The first-order chi connectivity index (χ1) is 12.0. The van der Waals surface area contributed by atoms with Gasteiger partial charge >= 0.3 is 0 Å². The van der Waals surface area contributed by atoms with Crippen LogP contribution in [0.2, 0.25) is 0 Å². The topological polar surface area (TPSA) is 56.2 Å². The van der Waals surface area contributed by atoms with Crippen molar-refractivity contribution in [2.75, 3.05) is 27.8 Å². The molecule has 0 amide bonds. The number of nitrogens with zero attached hydrogens (tertiary/aromatic N) is 3. The van der Waals surface area contributed by atoms with Crippen LogP contribution in [0.3, 0.4) is 0 Å². The van der Waals surface area contributed by atoms with Crippen LogP contribution in [0.4, 0.5) is 5.69 Å². The van der Waals surface area contributed by atoms with Crippen LogP contribution in [0.1, 0.15) is 18.2 Å². The Labute approximate surface area is 149 Å². The highest BCUT2D eigenvalue weighted by atomic mass is 16.5. The Morgan fingerprint density at radius 3 is 2.36 bits per heavy atom. The third kappa shape index (κ3) is 5.38. The van der Waals surface area contributed by atoms with E-state index >= 15 is 0 Å². The lowest BCUT2D eigenvalue weighted by Crippen LogP contribution is -2.14. The van der Waals surface area contributed by atoms with Crippen molar-refractivity contribution in [1.82, 2.24) is 9.88 Å². The average molecular weight is 343 g/mol. The summed E-state index contributed by atoms with van der Waals surface area (Å²) in [5, 5.41) is 0. The van der Waals surface area contributed by atoms with Crippen LogP contribution in [0, 0.1) is 6.92 Å². The van der Waals surface area contributed by atoms with Gasteiger partial charge in [-0.3, -0.25) is 0 Å². The summed E-state index contributed by atoms with van der Waals surface area (Å²) in [5.41, 5.74) is 2.60. The van der Waals surface area contributed by atoms with Gasteiger partial charge < -0.3 is 19.1 Å². The average Bonchev–Trinajstić information content (AvgIpc) is 2.64. The Kier molecular flexibility index (Phi) is 6.62. The van der Waals surface area contributed by atoms with Crippen molar-refractivity contribution in [2.45, 2.75) is 20.5 Å². The summed E-state index contributed by atoms with van der Waals surface area (Å²) in [4.78, 5) is 10.9. The minimum absolute atomic E-state index is 0.376. The third-order valence-corrected chi connectivity index (χ3v) is 3.72. The van der Waals surface area contributed by atoms with Crippen LogP contribution < -0.4 is 14.2 Å².